The second-order valence-corrected chi connectivity index (χ2v) is 7.62. The zero-order valence-electron chi connectivity index (χ0n) is 16.7. The molecule has 0 amide bonds. The van der Waals surface area contributed by atoms with Crippen LogP contribution >= 0.6 is 0 Å². The van der Waals surface area contributed by atoms with Gasteiger partial charge in [0.1, 0.15) is 11.5 Å². The fourth-order valence-corrected chi connectivity index (χ4v) is 4.04. The summed E-state index contributed by atoms with van der Waals surface area (Å²) >= 11 is 0. The topological polar surface area (TPSA) is 72.6 Å². The van der Waals surface area contributed by atoms with Gasteiger partial charge in [-0.05, 0) is 61.1 Å². The maximum absolute atomic E-state index is 11.3. The number of oxazole rings is 1. The third-order valence-electron chi connectivity index (χ3n) is 5.75. The summed E-state index contributed by atoms with van der Waals surface area (Å²) in [7, 11) is 0. The molecular formula is C24H25NO4. The van der Waals surface area contributed by atoms with Crippen molar-refractivity contribution < 1.29 is 19.1 Å². The van der Waals surface area contributed by atoms with Crippen LogP contribution in [-0.4, -0.2) is 22.7 Å². The Labute approximate surface area is 170 Å². The third-order valence-corrected chi connectivity index (χ3v) is 5.75. The molecule has 2 aromatic carbocycles. The second-order valence-electron chi connectivity index (χ2n) is 7.62. The average molecular weight is 391 g/mol. The van der Waals surface area contributed by atoms with Gasteiger partial charge in [0, 0.05) is 12.0 Å². The van der Waals surface area contributed by atoms with Gasteiger partial charge >= 0.3 is 5.97 Å². The Morgan fingerprint density at radius 3 is 2.83 bits per heavy atom. The molecule has 2 atom stereocenters. The smallest absolute Gasteiger partial charge is 0.306 e. The lowest BCUT2D eigenvalue weighted by atomic mass is 9.89. The molecule has 1 N–H and O–H groups in total. The number of hydrogen-bond acceptors (Lipinski definition) is 4. The minimum Gasteiger partial charge on any atom is -0.493 e. The van der Waals surface area contributed by atoms with Crippen molar-refractivity contribution in [3.8, 4) is 17.2 Å². The Morgan fingerprint density at radius 1 is 1.28 bits per heavy atom. The van der Waals surface area contributed by atoms with Crippen LogP contribution in [0.5, 0.6) is 5.75 Å². The number of aromatic nitrogens is 1. The first kappa shape index (κ1) is 19.2. The maximum Gasteiger partial charge on any atom is 0.306 e. The van der Waals surface area contributed by atoms with E-state index in [1.54, 1.807) is 6.92 Å². The molecule has 1 aliphatic rings. The fraction of sp³-hybridized carbons (Fsp3) is 0.333. The SMILES string of the molecule is Cc1oc(-c2ccccc2)nc1CCOc1ccc2c(c1)CC[C@H]2C(C)C(=O)O. The number of rotatable bonds is 7. The van der Waals surface area contributed by atoms with Gasteiger partial charge in [-0.15, -0.1) is 0 Å². The predicted molar refractivity (Wildman–Crippen MR) is 110 cm³/mol. The van der Waals surface area contributed by atoms with Crippen LogP contribution in [0.15, 0.2) is 52.9 Å². The van der Waals surface area contributed by atoms with Crippen LogP contribution in [0.1, 0.15) is 41.8 Å². The van der Waals surface area contributed by atoms with Gasteiger partial charge in [0.2, 0.25) is 5.89 Å². The van der Waals surface area contributed by atoms with Crippen molar-refractivity contribution in [2.45, 2.75) is 39.0 Å². The average Bonchev–Trinajstić information content (AvgIpc) is 3.31. The standard InChI is InChI=1S/C24H25NO4/c1-15(24(26)27)20-10-8-18-14-19(9-11-21(18)20)28-13-12-22-16(2)29-23(25-22)17-6-4-3-5-7-17/h3-7,9,11,14-15,20H,8,10,12-13H2,1-2H3,(H,26,27)/t15?,20-/m0/s1. The molecule has 1 heterocycles. The van der Waals surface area contributed by atoms with Crippen molar-refractivity contribution in [1.82, 2.24) is 4.98 Å². The normalized spacial score (nSPS) is 16.4. The number of hydrogen-bond donors (Lipinski definition) is 1. The van der Waals surface area contributed by atoms with Crippen LogP contribution in [0.3, 0.4) is 0 Å². The molecule has 0 aliphatic heterocycles. The highest BCUT2D eigenvalue weighted by Crippen LogP contribution is 2.39. The van der Waals surface area contributed by atoms with E-state index in [2.05, 4.69) is 11.1 Å². The summed E-state index contributed by atoms with van der Waals surface area (Å²) in [5.41, 5.74) is 4.21. The van der Waals surface area contributed by atoms with Gasteiger partial charge in [0.05, 0.1) is 18.2 Å². The molecule has 150 valence electrons. The van der Waals surface area contributed by atoms with Gasteiger partial charge in [-0.3, -0.25) is 4.79 Å². The van der Waals surface area contributed by atoms with Gasteiger partial charge in [-0.1, -0.05) is 31.2 Å². The summed E-state index contributed by atoms with van der Waals surface area (Å²) in [5.74, 6) is 1.25. The molecule has 0 fully saturated rings. The summed E-state index contributed by atoms with van der Waals surface area (Å²) in [6.45, 7) is 4.22. The zero-order valence-corrected chi connectivity index (χ0v) is 16.7. The highest BCUT2D eigenvalue weighted by atomic mass is 16.5. The summed E-state index contributed by atoms with van der Waals surface area (Å²) in [5, 5.41) is 9.31. The van der Waals surface area contributed by atoms with E-state index in [9.17, 15) is 9.90 Å². The molecule has 0 spiro atoms. The maximum atomic E-state index is 11.3. The molecule has 1 unspecified atom stereocenters. The van der Waals surface area contributed by atoms with Gasteiger partial charge in [0.15, 0.2) is 0 Å². The first-order valence-electron chi connectivity index (χ1n) is 10.0. The summed E-state index contributed by atoms with van der Waals surface area (Å²) in [6, 6.07) is 15.9. The number of carbonyl (C=O) groups is 1. The molecule has 5 nitrogen and oxygen atoms in total. The van der Waals surface area contributed by atoms with Crippen molar-refractivity contribution in [2.75, 3.05) is 6.61 Å². The van der Waals surface area contributed by atoms with E-state index in [1.165, 1.54) is 5.56 Å². The number of aryl methyl sites for hydroxylation is 2. The van der Waals surface area contributed by atoms with E-state index < -0.39 is 5.97 Å². The number of fused-ring (bicyclic) bond motifs is 1. The Balaban J connectivity index is 1.39. The van der Waals surface area contributed by atoms with Crippen molar-refractivity contribution in [3.63, 3.8) is 0 Å². The molecule has 29 heavy (non-hydrogen) atoms. The largest absolute Gasteiger partial charge is 0.493 e. The third kappa shape index (κ3) is 4.04. The van der Waals surface area contributed by atoms with Crippen molar-refractivity contribution >= 4 is 5.97 Å². The number of aliphatic carboxylic acids is 1. The Kier molecular flexibility index (Phi) is 5.38. The molecule has 5 heteroatoms. The highest BCUT2D eigenvalue weighted by Gasteiger charge is 2.31. The quantitative estimate of drug-likeness (QED) is 0.612. The van der Waals surface area contributed by atoms with Crippen LogP contribution < -0.4 is 4.74 Å². The van der Waals surface area contributed by atoms with E-state index in [0.717, 1.165) is 41.2 Å². The summed E-state index contributed by atoms with van der Waals surface area (Å²) in [4.78, 5) is 15.9. The van der Waals surface area contributed by atoms with Crippen LogP contribution in [0.2, 0.25) is 0 Å². The van der Waals surface area contributed by atoms with Crippen LogP contribution in [0, 0.1) is 12.8 Å². The van der Waals surface area contributed by atoms with E-state index in [0.29, 0.717) is 18.9 Å². The van der Waals surface area contributed by atoms with Crippen molar-refractivity contribution in [3.05, 3.63) is 71.1 Å². The number of ether oxygens (including phenoxy) is 1. The van der Waals surface area contributed by atoms with Gasteiger partial charge < -0.3 is 14.3 Å². The zero-order chi connectivity index (χ0) is 20.4. The highest BCUT2D eigenvalue weighted by molar-refractivity contribution is 5.71. The molecule has 1 aliphatic carbocycles. The molecule has 1 aromatic heterocycles. The number of benzene rings is 2. The van der Waals surface area contributed by atoms with Crippen LogP contribution in [-0.2, 0) is 17.6 Å². The predicted octanol–water partition coefficient (Wildman–Crippen LogP) is 5.02. The van der Waals surface area contributed by atoms with E-state index >= 15 is 0 Å². The van der Waals surface area contributed by atoms with Gasteiger partial charge in [-0.2, -0.15) is 0 Å². The lowest BCUT2D eigenvalue weighted by Gasteiger charge is -2.16. The molecule has 4 rings (SSSR count). The molecular weight excluding hydrogens is 366 g/mol. The van der Waals surface area contributed by atoms with E-state index in [1.807, 2.05) is 49.4 Å². The Hall–Kier alpha value is -3.08. The molecule has 0 radical (unpaired) electrons. The lowest BCUT2D eigenvalue weighted by molar-refractivity contribution is -0.141. The van der Waals surface area contributed by atoms with Crippen molar-refractivity contribution in [1.29, 1.82) is 0 Å². The molecule has 0 bridgehead atoms. The Morgan fingerprint density at radius 2 is 2.07 bits per heavy atom. The van der Waals surface area contributed by atoms with E-state index in [-0.39, 0.29) is 11.8 Å². The number of nitrogens with zero attached hydrogens (tertiary/aromatic N) is 1. The molecule has 0 saturated carbocycles. The second kappa shape index (κ2) is 8.11. The van der Waals surface area contributed by atoms with Crippen LogP contribution in [0.4, 0.5) is 0 Å². The minimum atomic E-state index is -0.735. The number of carboxylic acids is 1. The summed E-state index contributed by atoms with van der Waals surface area (Å²) in [6.07, 6.45) is 2.45. The molecule has 0 saturated heterocycles. The fourth-order valence-electron chi connectivity index (χ4n) is 4.04. The monoisotopic (exact) mass is 391 g/mol. The summed E-state index contributed by atoms with van der Waals surface area (Å²) < 4.78 is 11.8. The first-order valence-corrected chi connectivity index (χ1v) is 10.0. The first-order chi connectivity index (χ1) is 14.0. The lowest BCUT2D eigenvalue weighted by Crippen LogP contribution is -2.17. The Bertz CT molecular complexity index is 1010. The van der Waals surface area contributed by atoms with E-state index in [4.69, 9.17) is 9.15 Å². The van der Waals surface area contributed by atoms with Crippen molar-refractivity contribution in [2.24, 2.45) is 5.92 Å². The number of carboxylic acid groups (broad SMARTS) is 1. The van der Waals surface area contributed by atoms with Crippen LogP contribution in [0.25, 0.3) is 11.5 Å². The van der Waals surface area contributed by atoms with Gasteiger partial charge in [-0.25, -0.2) is 4.98 Å². The molecule has 3 aromatic rings. The van der Waals surface area contributed by atoms with Gasteiger partial charge in [0.25, 0.3) is 0 Å². The minimum absolute atomic E-state index is 0.0886.